The first-order valence-corrected chi connectivity index (χ1v) is 5.86. The predicted octanol–water partition coefficient (Wildman–Crippen LogP) is 2.11. The molecule has 0 heterocycles. The van der Waals surface area contributed by atoms with E-state index in [2.05, 4.69) is 24.1 Å². The summed E-state index contributed by atoms with van der Waals surface area (Å²) in [5.41, 5.74) is -0.178. The zero-order valence-corrected chi connectivity index (χ0v) is 10.9. The van der Waals surface area contributed by atoms with Gasteiger partial charge in [0.05, 0.1) is 5.60 Å². The van der Waals surface area contributed by atoms with Gasteiger partial charge in [-0.3, -0.25) is 4.79 Å². The van der Waals surface area contributed by atoms with E-state index in [1.54, 1.807) is 6.92 Å². The Kier molecular flexibility index (Phi) is 7.66. The zero-order valence-electron chi connectivity index (χ0n) is 10.9. The van der Waals surface area contributed by atoms with Crippen LogP contribution in [0.2, 0.25) is 0 Å². The number of hydrogen-bond donors (Lipinski definition) is 1. The molecule has 0 bridgehead atoms. The third kappa shape index (κ3) is 8.31. The minimum absolute atomic E-state index is 0.178. The summed E-state index contributed by atoms with van der Waals surface area (Å²) >= 11 is 0. The molecule has 0 rings (SSSR count). The number of hydrogen-bond acceptors (Lipinski definition) is 2. The van der Waals surface area contributed by atoms with Crippen molar-refractivity contribution in [1.82, 2.24) is 5.32 Å². The Morgan fingerprint density at radius 1 is 1.44 bits per heavy atom. The molecule has 92 valence electrons. The van der Waals surface area contributed by atoms with Gasteiger partial charge in [-0.05, 0) is 39.5 Å². The standard InChI is InChI=1S/C13H23NO2/c1-5-7-11-16-13(3,4)9-10-14-12(15)8-6-2/h5,7,9-11H2,1-4H3,(H,14,15). The van der Waals surface area contributed by atoms with Crippen LogP contribution in [-0.4, -0.2) is 24.7 Å². The van der Waals surface area contributed by atoms with Gasteiger partial charge in [-0.2, -0.15) is 0 Å². The van der Waals surface area contributed by atoms with Gasteiger partial charge >= 0.3 is 0 Å². The Balaban J connectivity index is 3.71. The Morgan fingerprint density at radius 3 is 2.69 bits per heavy atom. The van der Waals surface area contributed by atoms with Crippen LogP contribution in [-0.2, 0) is 9.53 Å². The molecule has 16 heavy (non-hydrogen) atoms. The fourth-order valence-electron chi connectivity index (χ4n) is 1.20. The third-order valence-corrected chi connectivity index (χ3v) is 2.24. The van der Waals surface area contributed by atoms with Crippen molar-refractivity contribution in [3.8, 4) is 11.8 Å². The fraction of sp³-hybridized carbons (Fsp3) is 0.769. The second-order valence-electron chi connectivity index (χ2n) is 4.34. The first kappa shape index (κ1) is 15.0. The van der Waals surface area contributed by atoms with E-state index in [-0.39, 0.29) is 11.5 Å². The van der Waals surface area contributed by atoms with Crippen molar-refractivity contribution in [2.75, 3.05) is 13.2 Å². The lowest BCUT2D eigenvalue weighted by Crippen LogP contribution is -2.32. The Labute approximate surface area is 98.9 Å². The monoisotopic (exact) mass is 225 g/mol. The molecule has 0 aromatic carbocycles. The van der Waals surface area contributed by atoms with E-state index in [1.807, 2.05) is 13.8 Å². The largest absolute Gasteiger partial charge is 0.376 e. The van der Waals surface area contributed by atoms with Crippen molar-refractivity contribution in [1.29, 1.82) is 0 Å². The van der Waals surface area contributed by atoms with Crippen LogP contribution in [0.15, 0.2) is 0 Å². The molecule has 3 heteroatoms. The van der Waals surface area contributed by atoms with Gasteiger partial charge < -0.3 is 10.1 Å². The number of unbranched alkanes of at least 4 members (excludes halogenated alkanes) is 1. The SMILES string of the molecule is CC#CC(=O)NCCC(C)(C)OCCCC. The van der Waals surface area contributed by atoms with E-state index in [1.165, 1.54) is 0 Å². The second-order valence-corrected chi connectivity index (χ2v) is 4.34. The Hall–Kier alpha value is -1.01. The van der Waals surface area contributed by atoms with E-state index < -0.39 is 0 Å². The van der Waals surface area contributed by atoms with Crippen LogP contribution < -0.4 is 5.32 Å². The van der Waals surface area contributed by atoms with Gasteiger partial charge in [-0.1, -0.05) is 19.3 Å². The van der Waals surface area contributed by atoms with Crippen LogP contribution in [0.5, 0.6) is 0 Å². The molecule has 0 unspecified atom stereocenters. The quantitative estimate of drug-likeness (QED) is 0.532. The molecular formula is C13H23NO2. The van der Waals surface area contributed by atoms with Gasteiger partial charge in [-0.25, -0.2) is 0 Å². The van der Waals surface area contributed by atoms with Crippen molar-refractivity contribution < 1.29 is 9.53 Å². The maximum Gasteiger partial charge on any atom is 0.295 e. The highest BCUT2D eigenvalue weighted by Crippen LogP contribution is 2.14. The molecule has 0 fully saturated rings. The number of ether oxygens (including phenoxy) is 1. The summed E-state index contributed by atoms with van der Waals surface area (Å²) in [7, 11) is 0. The molecule has 3 nitrogen and oxygen atoms in total. The van der Waals surface area contributed by atoms with Gasteiger partial charge in [0.15, 0.2) is 0 Å². The van der Waals surface area contributed by atoms with Crippen molar-refractivity contribution >= 4 is 5.91 Å². The van der Waals surface area contributed by atoms with E-state index in [9.17, 15) is 4.79 Å². The minimum Gasteiger partial charge on any atom is -0.376 e. The average Bonchev–Trinajstić information content (AvgIpc) is 2.18. The van der Waals surface area contributed by atoms with Crippen LogP contribution in [0.25, 0.3) is 0 Å². The molecule has 0 aromatic rings. The molecular weight excluding hydrogens is 202 g/mol. The van der Waals surface area contributed by atoms with Crippen molar-refractivity contribution in [3.05, 3.63) is 0 Å². The molecule has 1 amide bonds. The highest BCUT2D eigenvalue weighted by molar-refractivity contribution is 5.93. The predicted molar refractivity (Wildman–Crippen MR) is 66.0 cm³/mol. The summed E-state index contributed by atoms with van der Waals surface area (Å²) < 4.78 is 5.72. The van der Waals surface area contributed by atoms with Gasteiger partial charge in [-0.15, -0.1) is 0 Å². The lowest BCUT2D eigenvalue weighted by molar-refractivity contribution is -0.115. The number of nitrogens with one attached hydrogen (secondary N) is 1. The summed E-state index contributed by atoms with van der Waals surface area (Å²) in [5.74, 6) is 4.79. The number of rotatable bonds is 7. The molecule has 0 aliphatic rings. The maximum atomic E-state index is 11.1. The first-order valence-electron chi connectivity index (χ1n) is 5.86. The lowest BCUT2D eigenvalue weighted by Gasteiger charge is -2.25. The normalized spacial score (nSPS) is 10.5. The molecule has 0 radical (unpaired) electrons. The Morgan fingerprint density at radius 2 is 2.12 bits per heavy atom. The van der Waals surface area contributed by atoms with E-state index >= 15 is 0 Å². The summed E-state index contributed by atoms with van der Waals surface area (Å²) in [6.45, 7) is 9.26. The van der Waals surface area contributed by atoms with Crippen LogP contribution in [0.4, 0.5) is 0 Å². The van der Waals surface area contributed by atoms with Crippen LogP contribution in [0, 0.1) is 11.8 Å². The van der Waals surface area contributed by atoms with Crippen molar-refractivity contribution in [3.63, 3.8) is 0 Å². The van der Waals surface area contributed by atoms with E-state index in [0.29, 0.717) is 6.54 Å². The highest BCUT2D eigenvalue weighted by Gasteiger charge is 2.17. The summed E-state index contributed by atoms with van der Waals surface area (Å²) in [6.07, 6.45) is 3.02. The van der Waals surface area contributed by atoms with E-state index in [4.69, 9.17) is 4.74 Å². The molecule has 0 saturated carbocycles. The number of carbonyl (C=O) groups is 1. The molecule has 0 aliphatic heterocycles. The first-order chi connectivity index (χ1) is 7.52. The van der Waals surface area contributed by atoms with Crippen molar-refractivity contribution in [2.45, 2.75) is 52.6 Å². The van der Waals surface area contributed by atoms with Gasteiger partial charge in [0.2, 0.25) is 0 Å². The van der Waals surface area contributed by atoms with Gasteiger partial charge in [0, 0.05) is 13.2 Å². The average molecular weight is 225 g/mol. The topological polar surface area (TPSA) is 38.3 Å². The molecule has 0 aromatic heterocycles. The third-order valence-electron chi connectivity index (χ3n) is 2.24. The van der Waals surface area contributed by atoms with Gasteiger partial charge in [0.25, 0.3) is 5.91 Å². The van der Waals surface area contributed by atoms with Crippen molar-refractivity contribution in [2.24, 2.45) is 0 Å². The Bertz CT molecular complexity index is 261. The molecule has 0 saturated heterocycles. The second kappa shape index (κ2) is 8.18. The number of carbonyl (C=O) groups excluding carboxylic acids is 1. The fourth-order valence-corrected chi connectivity index (χ4v) is 1.20. The highest BCUT2D eigenvalue weighted by atomic mass is 16.5. The zero-order chi connectivity index (χ0) is 12.4. The summed E-state index contributed by atoms with van der Waals surface area (Å²) in [4.78, 5) is 11.1. The van der Waals surface area contributed by atoms with E-state index in [0.717, 1.165) is 25.9 Å². The molecule has 0 aliphatic carbocycles. The number of amides is 1. The molecule has 1 N–H and O–H groups in total. The lowest BCUT2D eigenvalue weighted by atomic mass is 10.1. The summed E-state index contributed by atoms with van der Waals surface area (Å²) in [5, 5.41) is 2.74. The van der Waals surface area contributed by atoms with Crippen LogP contribution in [0.1, 0.15) is 47.0 Å². The van der Waals surface area contributed by atoms with Crippen LogP contribution >= 0.6 is 0 Å². The smallest absolute Gasteiger partial charge is 0.295 e. The minimum atomic E-state index is -0.216. The van der Waals surface area contributed by atoms with Gasteiger partial charge in [0.1, 0.15) is 0 Å². The maximum absolute atomic E-state index is 11.1. The molecule has 0 spiro atoms. The van der Waals surface area contributed by atoms with Crippen LogP contribution in [0.3, 0.4) is 0 Å². The summed E-state index contributed by atoms with van der Waals surface area (Å²) in [6, 6.07) is 0. The molecule has 0 atom stereocenters.